The summed E-state index contributed by atoms with van der Waals surface area (Å²) in [5.41, 5.74) is 2.58. The van der Waals surface area contributed by atoms with Crippen LogP contribution in [0, 0.1) is 0 Å². The van der Waals surface area contributed by atoms with Gasteiger partial charge in [0.05, 0.1) is 0 Å². The second-order valence-corrected chi connectivity index (χ2v) is 5.59. The Labute approximate surface area is 125 Å². The van der Waals surface area contributed by atoms with Crippen molar-refractivity contribution in [2.24, 2.45) is 0 Å². The third kappa shape index (κ3) is 2.19. The molecule has 0 saturated heterocycles. The van der Waals surface area contributed by atoms with Crippen molar-refractivity contribution in [1.29, 1.82) is 0 Å². The van der Waals surface area contributed by atoms with Gasteiger partial charge in [0.2, 0.25) is 0 Å². The minimum Gasteiger partial charge on any atom is -0.508 e. The second-order valence-electron chi connectivity index (χ2n) is 4.74. The van der Waals surface area contributed by atoms with Gasteiger partial charge in [-0.25, -0.2) is 4.98 Å². The molecule has 0 aliphatic heterocycles. The van der Waals surface area contributed by atoms with Crippen molar-refractivity contribution in [2.45, 2.75) is 0 Å². The molecule has 102 valence electrons. The number of benzene rings is 2. The molecule has 2 aromatic carbocycles. The lowest BCUT2D eigenvalue weighted by atomic mass is 10.2. The molecule has 4 aromatic rings. The van der Waals surface area contributed by atoms with Crippen molar-refractivity contribution < 1.29 is 9.52 Å². The maximum atomic E-state index is 9.55. The number of aromatic nitrogens is 1. The average Bonchev–Trinajstić information content (AvgIpc) is 3.14. The molecule has 4 heteroatoms. The highest BCUT2D eigenvalue weighted by Crippen LogP contribution is 2.32. The zero-order valence-corrected chi connectivity index (χ0v) is 11.8. The van der Waals surface area contributed by atoms with Crippen LogP contribution in [0.1, 0.15) is 0 Å². The third-order valence-electron chi connectivity index (χ3n) is 3.28. The molecule has 0 saturated carbocycles. The van der Waals surface area contributed by atoms with E-state index in [9.17, 15) is 5.11 Å². The van der Waals surface area contributed by atoms with Crippen LogP contribution >= 0.6 is 11.3 Å². The van der Waals surface area contributed by atoms with Crippen LogP contribution < -0.4 is 0 Å². The summed E-state index contributed by atoms with van der Waals surface area (Å²) in [6.07, 6.45) is 0. The molecule has 0 amide bonds. The maximum absolute atomic E-state index is 9.55. The van der Waals surface area contributed by atoms with Crippen LogP contribution in [-0.4, -0.2) is 10.1 Å². The Bertz CT molecular complexity index is 890. The normalized spacial score (nSPS) is 11.0. The topological polar surface area (TPSA) is 46.3 Å². The number of phenols is 1. The van der Waals surface area contributed by atoms with E-state index in [4.69, 9.17) is 4.42 Å². The molecule has 2 heterocycles. The SMILES string of the molecule is Oc1cccc(-c2nc(-c3cc4ccccc4o3)cs2)c1. The molecule has 0 aliphatic carbocycles. The van der Waals surface area contributed by atoms with E-state index in [0.29, 0.717) is 0 Å². The highest BCUT2D eigenvalue weighted by Gasteiger charge is 2.11. The van der Waals surface area contributed by atoms with Crippen LogP contribution in [0.4, 0.5) is 0 Å². The number of furan rings is 1. The van der Waals surface area contributed by atoms with Gasteiger partial charge in [0.1, 0.15) is 22.0 Å². The van der Waals surface area contributed by atoms with Crippen molar-refractivity contribution in [3.05, 3.63) is 60.0 Å². The van der Waals surface area contributed by atoms with E-state index < -0.39 is 0 Å². The summed E-state index contributed by atoms with van der Waals surface area (Å²) in [5.74, 6) is 1.01. The predicted molar refractivity (Wildman–Crippen MR) is 84.4 cm³/mol. The molecule has 0 spiro atoms. The van der Waals surface area contributed by atoms with E-state index in [-0.39, 0.29) is 5.75 Å². The van der Waals surface area contributed by atoms with Gasteiger partial charge >= 0.3 is 0 Å². The highest BCUT2D eigenvalue weighted by atomic mass is 32.1. The maximum Gasteiger partial charge on any atom is 0.154 e. The molecule has 0 atom stereocenters. The molecular formula is C17H11NO2S. The van der Waals surface area contributed by atoms with Crippen LogP contribution in [0.15, 0.2) is 64.4 Å². The molecule has 0 bridgehead atoms. The van der Waals surface area contributed by atoms with Gasteiger partial charge in [-0.05, 0) is 24.3 Å². The lowest BCUT2D eigenvalue weighted by Gasteiger charge is -1.96. The Kier molecular flexibility index (Phi) is 2.75. The molecular weight excluding hydrogens is 282 g/mol. The van der Waals surface area contributed by atoms with E-state index in [1.807, 2.05) is 47.8 Å². The first-order chi connectivity index (χ1) is 10.3. The number of aromatic hydroxyl groups is 1. The molecule has 1 N–H and O–H groups in total. The zero-order chi connectivity index (χ0) is 14.2. The van der Waals surface area contributed by atoms with Gasteiger partial charge in [0.15, 0.2) is 5.76 Å². The first kappa shape index (κ1) is 12.2. The van der Waals surface area contributed by atoms with Crippen LogP contribution in [-0.2, 0) is 0 Å². The summed E-state index contributed by atoms with van der Waals surface area (Å²) in [4.78, 5) is 4.60. The van der Waals surface area contributed by atoms with Gasteiger partial charge in [-0.15, -0.1) is 11.3 Å². The summed E-state index contributed by atoms with van der Waals surface area (Å²) < 4.78 is 5.82. The van der Waals surface area contributed by atoms with Gasteiger partial charge in [-0.3, -0.25) is 0 Å². The number of rotatable bonds is 2. The summed E-state index contributed by atoms with van der Waals surface area (Å²) in [7, 11) is 0. The van der Waals surface area contributed by atoms with Gasteiger partial charge in [-0.2, -0.15) is 0 Å². The van der Waals surface area contributed by atoms with Crippen molar-refractivity contribution in [2.75, 3.05) is 0 Å². The standard InChI is InChI=1S/C17H11NO2S/c19-13-6-3-5-12(8-13)17-18-14(10-21-17)16-9-11-4-1-2-7-15(11)20-16/h1-10,19H. The van der Waals surface area contributed by atoms with Crippen molar-refractivity contribution >= 4 is 22.3 Å². The lowest BCUT2D eigenvalue weighted by Crippen LogP contribution is -1.77. The Morgan fingerprint density at radius 1 is 1.00 bits per heavy atom. The molecule has 2 aromatic heterocycles. The van der Waals surface area contributed by atoms with Crippen LogP contribution in [0.3, 0.4) is 0 Å². The van der Waals surface area contributed by atoms with E-state index in [0.717, 1.165) is 33.0 Å². The quantitative estimate of drug-likeness (QED) is 0.570. The van der Waals surface area contributed by atoms with Gasteiger partial charge < -0.3 is 9.52 Å². The first-order valence-electron chi connectivity index (χ1n) is 6.53. The van der Waals surface area contributed by atoms with Gasteiger partial charge in [-0.1, -0.05) is 30.3 Å². The fourth-order valence-electron chi connectivity index (χ4n) is 2.27. The average molecular weight is 293 g/mol. The molecule has 0 aliphatic rings. The fraction of sp³-hybridized carbons (Fsp3) is 0. The first-order valence-corrected chi connectivity index (χ1v) is 7.41. The molecule has 21 heavy (non-hydrogen) atoms. The molecule has 0 radical (unpaired) electrons. The Morgan fingerprint density at radius 2 is 1.90 bits per heavy atom. The monoisotopic (exact) mass is 293 g/mol. The van der Waals surface area contributed by atoms with Gasteiger partial charge in [0, 0.05) is 16.3 Å². The number of para-hydroxylation sites is 1. The molecule has 3 nitrogen and oxygen atoms in total. The molecule has 4 rings (SSSR count). The number of phenolic OH excluding ortho intramolecular Hbond substituents is 1. The minimum atomic E-state index is 0.244. The number of fused-ring (bicyclic) bond motifs is 1. The third-order valence-corrected chi connectivity index (χ3v) is 4.17. The Morgan fingerprint density at radius 3 is 2.76 bits per heavy atom. The van der Waals surface area contributed by atoms with Crippen molar-refractivity contribution in [1.82, 2.24) is 4.98 Å². The number of hydrogen-bond donors (Lipinski definition) is 1. The van der Waals surface area contributed by atoms with E-state index in [1.165, 1.54) is 11.3 Å². The van der Waals surface area contributed by atoms with Crippen molar-refractivity contribution in [3.63, 3.8) is 0 Å². The summed E-state index contributed by atoms with van der Waals surface area (Å²) >= 11 is 1.53. The van der Waals surface area contributed by atoms with Crippen LogP contribution in [0.5, 0.6) is 5.75 Å². The molecule has 0 fully saturated rings. The second kappa shape index (κ2) is 4.75. The smallest absolute Gasteiger partial charge is 0.154 e. The summed E-state index contributed by atoms with van der Waals surface area (Å²) in [6, 6.07) is 17.0. The summed E-state index contributed by atoms with van der Waals surface area (Å²) in [5, 5.41) is 13.5. The van der Waals surface area contributed by atoms with E-state index >= 15 is 0 Å². The van der Waals surface area contributed by atoms with Gasteiger partial charge in [0.25, 0.3) is 0 Å². The van der Waals surface area contributed by atoms with Crippen LogP contribution in [0.25, 0.3) is 33.0 Å². The summed E-state index contributed by atoms with van der Waals surface area (Å²) in [6.45, 7) is 0. The van der Waals surface area contributed by atoms with E-state index in [2.05, 4.69) is 4.98 Å². The minimum absolute atomic E-state index is 0.244. The lowest BCUT2D eigenvalue weighted by molar-refractivity contribution is 0.475. The number of hydrogen-bond acceptors (Lipinski definition) is 4. The highest BCUT2D eigenvalue weighted by molar-refractivity contribution is 7.13. The van der Waals surface area contributed by atoms with E-state index in [1.54, 1.807) is 12.1 Å². The predicted octanol–water partition coefficient (Wildman–Crippen LogP) is 4.93. The van der Waals surface area contributed by atoms with Crippen LogP contribution in [0.2, 0.25) is 0 Å². The zero-order valence-electron chi connectivity index (χ0n) is 11.0. The van der Waals surface area contributed by atoms with Crippen molar-refractivity contribution in [3.8, 4) is 27.8 Å². The number of thiazole rings is 1. The largest absolute Gasteiger partial charge is 0.508 e. The Balaban J connectivity index is 1.77. The fourth-order valence-corrected chi connectivity index (χ4v) is 3.07. The molecule has 0 unspecified atom stereocenters. The number of nitrogens with zero attached hydrogens (tertiary/aromatic N) is 1. The Hall–Kier alpha value is -2.59.